The zero-order valence-electron chi connectivity index (χ0n) is 11.2. The first-order chi connectivity index (χ1) is 10.1. The number of aromatic nitrogens is 1. The molecule has 0 fully saturated rings. The summed E-state index contributed by atoms with van der Waals surface area (Å²) < 4.78 is 6.91. The summed E-state index contributed by atoms with van der Waals surface area (Å²) in [4.78, 5) is 15.0. The first-order valence-electron chi connectivity index (χ1n) is 6.42. The monoisotopic (exact) mass is 394 g/mol. The molecule has 1 heterocycles. The van der Waals surface area contributed by atoms with Crippen LogP contribution in [0.2, 0.25) is 0 Å². The van der Waals surface area contributed by atoms with Crippen molar-refractivity contribution in [2.45, 2.75) is 13.3 Å². The van der Waals surface area contributed by atoms with E-state index < -0.39 is 4.92 Å². The quantitative estimate of drug-likeness (QED) is 0.371. The average Bonchev–Trinajstić information content (AvgIpc) is 2.90. The Morgan fingerprint density at radius 2 is 2.14 bits per heavy atom. The minimum Gasteiger partial charge on any atom is -0.436 e. The molecule has 0 saturated carbocycles. The topological polar surface area (TPSA) is 69.2 Å². The number of rotatable bonds is 3. The van der Waals surface area contributed by atoms with Gasteiger partial charge in [-0.05, 0) is 47.2 Å². The Hall–Kier alpha value is -1.96. The van der Waals surface area contributed by atoms with Crippen molar-refractivity contribution in [2.24, 2.45) is 0 Å². The third kappa shape index (κ3) is 2.63. The van der Waals surface area contributed by atoms with Gasteiger partial charge in [-0.2, -0.15) is 0 Å². The summed E-state index contributed by atoms with van der Waals surface area (Å²) in [5.41, 5.74) is 2.85. The highest BCUT2D eigenvalue weighted by molar-refractivity contribution is 14.1. The number of aryl methyl sites for hydroxylation is 1. The zero-order chi connectivity index (χ0) is 15.0. The van der Waals surface area contributed by atoms with Crippen LogP contribution in [-0.4, -0.2) is 9.91 Å². The van der Waals surface area contributed by atoms with Crippen LogP contribution in [0.4, 0.5) is 5.69 Å². The van der Waals surface area contributed by atoms with Gasteiger partial charge in [0.1, 0.15) is 5.52 Å². The van der Waals surface area contributed by atoms with Crippen molar-refractivity contribution in [3.05, 3.63) is 55.6 Å². The summed E-state index contributed by atoms with van der Waals surface area (Å²) in [6.45, 7) is 1.94. The molecule has 0 N–H and O–H groups in total. The van der Waals surface area contributed by atoms with Crippen LogP contribution in [0.1, 0.15) is 12.5 Å². The van der Waals surface area contributed by atoms with Crippen molar-refractivity contribution in [3.8, 4) is 11.5 Å². The van der Waals surface area contributed by atoms with Crippen molar-refractivity contribution in [3.63, 3.8) is 0 Å². The van der Waals surface area contributed by atoms with E-state index in [2.05, 4.69) is 27.6 Å². The molecule has 3 rings (SSSR count). The molecule has 2 aromatic carbocycles. The maximum Gasteiger partial charge on any atom is 0.272 e. The van der Waals surface area contributed by atoms with E-state index in [0.717, 1.165) is 14.7 Å². The van der Waals surface area contributed by atoms with Gasteiger partial charge in [-0.1, -0.05) is 13.0 Å². The Balaban J connectivity index is 2.21. The van der Waals surface area contributed by atoms with Crippen LogP contribution in [-0.2, 0) is 6.42 Å². The van der Waals surface area contributed by atoms with E-state index in [0.29, 0.717) is 23.4 Å². The lowest BCUT2D eigenvalue weighted by molar-refractivity contribution is -0.384. The summed E-state index contributed by atoms with van der Waals surface area (Å²) in [5, 5.41) is 11.0. The number of nitro benzene ring substituents is 1. The van der Waals surface area contributed by atoms with Crippen LogP contribution in [0, 0.1) is 13.7 Å². The summed E-state index contributed by atoms with van der Waals surface area (Å²) in [6.07, 6.45) is 0.652. The minimum absolute atomic E-state index is 0.0434. The number of hydrogen-bond acceptors (Lipinski definition) is 4. The number of benzene rings is 2. The van der Waals surface area contributed by atoms with E-state index in [1.165, 1.54) is 6.07 Å². The van der Waals surface area contributed by atoms with E-state index in [9.17, 15) is 10.1 Å². The van der Waals surface area contributed by atoms with Crippen molar-refractivity contribution < 1.29 is 9.34 Å². The lowest BCUT2D eigenvalue weighted by Crippen LogP contribution is -1.90. The Kier molecular flexibility index (Phi) is 3.62. The second-order valence-electron chi connectivity index (χ2n) is 4.59. The molecule has 5 nitrogen and oxygen atoms in total. The standard InChI is InChI=1S/C15H11IN2O3/c1-2-9-7-12(18(19)20)8-13-14(9)21-15(17-13)10-4-3-5-11(16)6-10/h3-8H,2H2,1H3. The SMILES string of the molecule is CCc1cc([N+](=O)[O-])cc2nc(-c3cccc(I)c3)oc12. The van der Waals surface area contributed by atoms with Gasteiger partial charge in [-0.25, -0.2) is 4.98 Å². The molecular weight excluding hydrogens is 383 g/mol. The maximum atomic E-state index is 11.0. The number of oxazole rings is 1. The molecule has 106 valence electrons. The summed E-state index contributed by atoms with van der Waals surface area (Å²) in [7, 11) is 0. The molecule has 3 aromatic rings. The molecule has 1 aromatic heterocycles. The van der Waals surface area contributed by atoms with Gasteiger partial charge in [0.2, 0.25) is 5.89 Å². The third-order valence-corrected chi connectivity index (χ3v) is 3.89. The van der Waals surface area contributed by atoms with Gasteiger partial charge in [0.05, 0.1) is 4.92 Å². The average molecular weight is 394 g/mol. The van der Waals surface area contributed by atoms with Crippen LogP contribution in [0.5, 0.6) is 0 Å². The molecular formula is C15H11IN2O3. The Labute approximate surface area is 134 Å². The van der Waals surface area contributed by atoms with E-state index in [4.69, 9.17) is 4.42 Å². The molecule has 0 saturated heterocycles. The lowest BCUT2D eigenvalue weighted by Gasteiger charge is -1.97. The molecule has 0 aliphatic rings. The number of non-ortho nitro benzene ring substituents is 1. The fourth-order valence-electron chi connectivity index (χ4n) is 2.20. The van der Waals surface area contributed by atoms with Crippen molar-refractivity contribution in [1.82, 2.24) is 4.98 Å². The molecule has 0 amide bonds. The van der Waals surface area contributed by atoms with Crippen LogP contribution >= 0.6 is 22.6 Å². The van der Waals surface area contributed by atoms with Crippen LogP contribution in [0.15, 0.2) is 40.8 Å². The van der Waals surface area contributed by atoms with Crippen LogP contribution < -0.4 is 0 Å². The first kappa shape index (κ1) is 14.0. The smallest absolute Gasteiger partial charge is 0.272 e. The number of nitro groups is 1. The van der Waals surface area contributed by atoms with E-state index >= 15 is 0 Å². The van der Waals surface area contributed by atoms with Gasteiger partial charge >= 0.3 is 0 Å². The van der Waals surface area contributed by atoms with Gasteiger partial charge in [0.15, 0.2) is 5.58 Å². The molecule has 0 atom stereocenters. The van der Waals surface area contributed by atoms with E-state index in [1.54, 1.807) is 6.07 Å². The van der Waals surface area contributed by atoms with Crippen LogP contribution in [0.3, 0.4) is 0 Å². The molecule has 0 aliphatic heterocycles. The minimum atomic E-state index is -0.404. The highest BCUT2D eigenvalue weighted by atomic mass is 127. The van der Waals surface area contributed by atoms with Gasteiger partial charge in [-0.3, -0.25) is 10.1 Å². The predicted octanol–water partition coefficient (Wildman–Crippen LogP) is 4.57. The molecule has 0 unspecified atom stereocenters. The highest BCUT2D eigenvalue weighted by Gasteiger charge is 2.17. The van der Waals surface area contributed by atoms with Gasteiger partial charge in [0, 0.05) is 26.8 Å². The molecule has 21 heavy (non-hydrogen) atoms. The third-order valence-electron chi connectivity index (χ3n) is 3.22. The molecule has 0 bridgehead atoms. The summed E-state index contributed by atoms with van der Waals surface area (Å²) >= 11 is 2.22. The first-order valence-corrected chi connectivity index (χ1v) is 7.50. The van der Waals surface area contributed by atoms with Crippen LogP contribution in [0.25, 0.3) is 22.6 Å². The Morgan fingerprint density at radius 3 is 2.81 bits per heavy atom. The second-order valence-corrected chi connectivity index (χ2v) is 5.84. The fraction of sp³-hybridized carbons (Fsp3) is 0.133. The lowest BCUT2D eigenvalue weighted by atomic mass is 10.1. The van der Waals surface area contributed by atoms with E-state index in [1.807, 2.05) is 31.2 Å². The Morgan fingerprint density at radius 1 is 1.33 bits per heavy atom. The summed E-state index contributed by atoms with van der Waals surface area (Å²) in [5.74, 6) is 0.485. The molecule has 6 heteroatoms. The van der Waals surface area contributed by atoms with E-state index in [-0.39, 0.29) is 5.69 Å². The summed E-state index contributed by atoms with van der Waals surface area (Å²) in [6, 6.07) is 10.8. The fourth-order valence-corrected chi connectivity index (χ4v) is 2.74. The molecule has 0 spiro atoms. The van der Waals surface area contributed by atoms with Crippen molar-refractivity contribution >= 4 is 39.4 Å². The zero-order valence-corrected chi connectivity index (χ0v) is 13.3. The molecule has 0 radical (unpaired) electrons. The van der Waals surface area contributed by atoms with Gasteiger partial charge in [-0.15, -0.1) is 0 Å². The number of fused-ring (bicyclic) bond motifs is 1. The Bertz CT molecular complexity index is 842. The normalized spacial score (nSPS) is 11.0. The van der Waals surface area contributed by atoms with Gasteiger partial charge in [0.25, 0.3) is 5.69 Å². The van der Waals surface area contributed by atoms with Crippen molar-refractivity contribution in [2.75, 3.05) is 0 Å². The largest absolute Gasteiger partial charge is 0.436 e. The number of nitrogens with zero attached hydrogens (tertiary/aromatic N) is 2. The van der Waals surface area contributed by atoms with Gasteiger partial charge < -0.3 is 4.42 Å². The number of halogens is 1. The second kappa shape index (κ2) is 5.44. The predicted molar refractivity (Wildman–Crippen MR) is 88.2 cm³/mol. The number of hydrogen-bond donors (Lipinski definition) is 0. The maximum absolute atomic E-state index is 11.0. The molecule has 0 aliphatic carbocycles. The highest BCUT2D eigenvalue weighted by Crippen LogP contribution is 2.30. The van der Waals surface area contributed by atoms with Crippen molar-refractivity contribution in [1.29, 1.82) is 0 Å².